The summed E-state index contributed by atoms with van der Waals surface area (Å²) in [6, 6.07) is 17.1. The van der Waals surface area contributed by atoms with Gasteiger partial charge in [-0.05, 0) is 73.5 Å². The summed E-state index contributed by atoms with van der Waals surface area (Å²) in [6.45, 7) is 3.81. The van der Waals surface area contributed by atoms with Crippen LogP contribution in [0.3, 0.4) is 0 Å². The number of carbonyl (C=O) groups is 1. The van der Waals surface area contributed by atoms with Gasteiger partial charge in [-0.1, -0.05) is 29.8 Å². The lowest BCUT2D eigenvalue weighted by Gasteiger charge is -2.12. The van der Waals surface area contributed by atoms with Gasteiger partial charge in [-0.25, -0.2) is 12.8 Å². The predicted molar refractivity (Wildman–Crippen MR) is 129 cm³/mol. The Morgan fingerprint density at radius 2 is 1.76 bits per heavy atom. The second kappa shape index (κ2) is 9.60. The van der Waals surface area contributed by atoms with Crippen molar-refractivity contribution in [1.29, 1.82) is 0 Å². The van der Waals surface area contributed by atoms with E-state index in [4.69, 9.17) is 16.3 Å². The lowest BCUT2D eigenvalue weighted by Crippen LogP contribution is -2.14. The molecule has 0 amide bonds. The van der Waals surface area contributed by atoms with Crippen LogP contribution in [0.25, 0.3) is 10.9 Å². The molecule has 4 rings (SSSR count). The quantitative estimate of drug-likeness (QED) is 0.305. The highest BCUT2D eigenvalue weighted by molar-refractivity contribution is 7.91. The number of fused-ring (bicyclic) bond motifs is 1. The molecule has 0 atom stereocenters. The largest absolute Gasteiger partial charge is 0.465 e. The number of nitrogens with zero attached hydrogens (tertiary/aromatic N) is 1. The summed E-state index contributed by atoms with van der Waals surface area (Å²) in [6.07, 6.45) is 0.241. The van der Waals surface area contributed by atoms with Gasteiger partial charge in [-0.3, -0.25) is 4.79 Å². The molecular formula is C26H23ClFNO4S. The summed E-state index contributed by atoms with van der Waals surface area (Å²) < 4.78 is 47.9. The number of benzene rings is 3. The molecule has 4 aromatic rings. The zero-order chi connectivity index (χ0) is 24.5. The van der Waals surface area contributed by atoms with Crippen molar-refractivity contribution in [3.05, 3.63) is 94.4 Å². The van der Waals surface area contributed by atoms with Gasteiger partial charge in [0.05, 0.1) is 16.4 Å². The molecule has 0 aliphatic rings. The molecule has 1 aromatic heterocycles. The molecule has 8 heteroatoms. The van der Waals surface area contributed by atoms with E-state index in [1.165, 1.54) is 36.4 Å². The SMILES string of the molecule is CCOC(=O)Cn1c(C)c(Cc2ccccc2S(=O)(=O)c2ccc(Cl)cc2)c2cc(F)ccc21. The van der Waals surface area contributed by atoms with Crippen LogP contribution >= 0.6 is 11.6 Å². The van der Waals surface area contributed by atoms with Gasteiger partial charge in [0.1, 0.15) is 12.4 Å². The minimum absolute atomic E-state index is 0.0213. The van der Waals surface area contributed by atoms with Crippen molar-refractivity contribution in [1.82, 2.24) is 4.57 Å². The number of carbonyl (C=O) groups excluding carboxylic acids is 1. The van der Waals surface area contributed by atoms with Gasteiger partial charge >= 0.3 is 5.97 Å². The van der Waals surface area contributed by atoms with E-state index < -0.39 is 21.6 Å². The Morgan fingerprint density at radius 1 is 1.06 bits per heavy atom. The number of esters is 1. The molecule has 0 aliphatic heterocycles. The summed E-state index contributed by atoms with van der Waals surface area (Å²) in [5.74, 6) is -0.812. The van der Waals surface area contributed by atoms with Crippen LogP contribution < -0.4 is 0 Å². The third kappa shape index (κ3) is 4.58. The van der Waals surface area contributed by atoms with Crippen molar-refractivity contribution in [2.24, 2.45) is 0 Å². The summed E-state index contributed by atoms with van der Waals surface area (Å²) in [5.41, 5.74) is 2.74. The maximum absolute atomic E-state index is 14.2. The number of hydrogen-bond donors (Lipinski definition) is 0. The van der Waals surface area contributed by atoms with Gasteiger partial charge in [-0.2, -0.15) is 0 Å². The molecule has 176 valence electrons. The molecule has 0 saturated carbocycles. The van der Waals surface area contributed by atoms with E-state index >= 15 is 0 Å². The minimum Gasteiger partial charge on any atom is -0.465 e. The van der Waals surface area contributed by atoms with Crippen LogP contribution in [0.4, 0.5) is 4.39 Å². The summed E-state index contributed by atoms with van der Waals surface area (Å²) in [5, 5.41) is 1.07. The minimum atomic E-state index is -3.81. The van der Waals surface area contributed by atoms with Crippen LogP contribution in [0.15, 0.2) is 76.5 Å². The molecule has 3 aromatic carbocycles. The molecule has 0 saturated heterocycles. The lowest BCUT2D eigenvalue weighted by molar-refractivity contribution is -0.143. The Kier molecular flexibility index (Phi) is 6.77. The van der Waals surface area contributed by atoms with Crippen molar-refractivity contribution in [3.8, 4) is 0 Å². The Labute approximate surface area is 202 Å². The summed E-state index contributed by atoms with van der Waals surface area (Å²) in [4.78, 5) is 12.5. The van der Waals surface area contributed by atoms with Crippen LogP contribution in [-0.4, -0.2) is 25.6 Å². The number of ether oxygens (including phenoxy) is 1. The van der Waals surface area contributed by atoms with Crippen LogP contribution in [0.1, 0.15) is 23.7 Å². The molecule has 0 unspecified atom stereocenters. The highest BCUT2D eigenvalue weighted by Gasteiger charge is 2.23. The van der Waals surface area contributed by atoms with Crippen molar-refractivity contribution in [2.45, 2.75) is 36.6 Å². The Morgan fingerprint density at radius 3 is 2.47 bits per heavy atom. The Balaban J connectivity index is 1.83. The first-order valence-electron chi connectivity index (χ1n) is 10.7. The Hall–Kier alpha value is -3.16. The van der Waals surface area contributed by atoms with Gasteiger partial charge in [0.15, 0.2) is 0 Å². The normalized spacial score (nSPS) is 11.6. The summed E-state index contributed by atoms with van der Waals surface area (Å²) >= 11 is 5.93. The van der Waals surface area contributed by atoms with Crippen LogP contribution in [-0.2, 0) is 32.3 Å². The van der Waals surface area contributed by atoms with Gasteiger partial charge < -0.3 is 9.30 Å². The van der Waals surface area contributed by atoms with Crippen molar-refractivity contribution < 1.29 is 22.3 Å². The molecule has 0 aliphatic carbocycles. The average Bonchev–Trinajstić information content (AvgIpc) is 3.05. The first-order valence-corrected chi connectivity index (χ1v) is 12.6. The summed E-state index contributed by atoms with van der Waals surface area (Å²) in [7, 11) is -3.81. The molecule has 34 heavy (non-hydrogen) atoms. The highest BCUT2D eigenvalue weighted by Crippen LogP contribution is 2.32. The van der Waals surface area contributed by atoms with Gasteiger partial charge in [-0.15, -0.1) is 0 Å². The monoisotopic (exact) mass is 499 g/mol. The fourth-order valence-corrected chi connectivity index (χ4v) is 5.75. The van der Waals surface area contributed by atoms with Crippen molar-refractivity contribution >= 4 is 38.3 Å². The van der Waals surface area contributed by atoms with Crippen LogP contribution in [0.5, 0.6) is 0 Å². The number of sulfone groups is 1. The third-order valence-electron chi connectivity index (χ3n) is 5.76. The van der Waals surface area contributed by atoms with E-state index in [1.807, 2.05) is 6.92 Å². The van der Waals surface area contributed by atoms with E-state index in [2.05, 4.69) is 0 Å². The van der Waals surface area contributed by atoms with Crippen LogP contribution in [0.2, 0.25) is 5.02 Å². The van der Waals surface area contributed by atoms with E-state index in [1.54, 1.807) is 41.8 Å². The Bertz CT molecular complexity index is 1480. The maximum atomic E-state index is 14.2. The third-order valence-corrected chi connectivity index (χ3v) is 7.88. The topological polar surface area (TPSA) is 65.4 Å². The first kappa shape index (κ1) is 24.0. The molecule has 0 bridgehead atoms. The number of hydrogen-bond acceptors (Lipinski definition) is 4. The van der Waals surface area contributed by atoms with E-state index in [-0.39, 0.29) is 29.4 Å². The molecule has 0 spiro atoms. The van der Waals surface area contributed by atoms with Gasteiger partial charge in [0, 0.05) is 28.0 Å². The molecule has 1 heterocycles. The standard InChI is InChI=1S/C26H23ClFNO4S/c1-3-33-26(30)16-29-17(2)22(23-15-20(28)10-13-24(23)29)14-18-6-4-5-7-25(18)34(31,32)21-11-8-19(27)9-12-21/h4-13,15H,3,14,16H2,1-2H3. The highest BCUT2D eigenvalue weighted by atomic mass is 35.5. The molecule has 0 fully saturated rings. The second-order valence-electron chi connectivity index (χ2n) is 7.86. The fraction of sp³-hybridized carbons (Fsp3) is 0.192. The zero-order valence-electron chi connectivity index (χ0n) is 18.7. The molecule has 0 N–H and O–H groups in total. The first-order chi connectivity index (χ1) is 16.2. The smallest absolute Gasteiger partial charge is 0.325 e. The molecule has 5 nitrogen and oxygen atoms in total. The predicted octanol–water partition coefficient (Wildman–Crippen LogP) is 5.73. The van der Waals surface area contributed by atoms with Crippen molar-refractivity contribution in [3.63, 3.8) is 0 Å². The zero-order valence-corrected chi connectivity index (χ0v) is 20.3. The van der Waals surface area contributed by atoms with Crippen LogP contribution in [0, 0.1) is 12.7 Å². The molecular weight excluding hydrogens is 477 g/mol. The van der Waals surface area contributed by atoms with Crippen molar-refractivity contribution in [2.75, 3.05) is 6.61 Å². The average molecular weight is 500 g/mol. The second-order valence-corrected chi connectivity index (χ2v) is 10.2. The van der Waals surface area contributed by atoms with E-state index in [0.717, 1.165) is 11.3 Å². The lowest BCUT2D eigenvalue weighted by atomic mass is 10.0. The van der Waals surface area contributed by atoms with Gasteiger partial charge in [0.2, 0.25) is 9.84 Å². The number of halogens is 2. The fourth-order valence-electron chi connectivity index (χ4n) is 4.13. The van der Waals surface area contributed by atoms with Gasteiger partial charge in [0.25, 0.3) is 0 Å². The number of aromatic nitrogens is 1. The van der Waals surface area contributed by atoms with E-state index in [9.17, 15) is 17.6 Å². The maximum Gasteiger partial charge on any atom is 0.325 e. The molecule has 0 radical (unpaired) electrons. The van der Waals surface area contributed by atoms with E-state index in [0.29, 0.717) is 21.5 Å². The number of rotatable bonds is 7.